The summed E-state index contributed by atoms with van der Waals surface area (Å²) in [6.45, 7) is 6.57. The molecule has 2 saturated heterocycles. The third-order valence-corrected chi connectivity index (χ3v) is 6.76. The van der Waals surface area contributed by atoms with Crippen molar-refractivity contribution in [2.24, 2.45) is 12.5 Å². The second-order valence-corrected chi connectivity index (χ2v) is 8.73. The Morgan fingerprint density at radius 3 is 2.72 bits per heavy atom. The average molecular weight is 392 g/mol. The number of rotatable bonds is 4. The van der Waals surface area contributed by atoms with Gasteiger partial charge in [0.1, 0.15) is 11.8 Å². The molecule has 6 nitrogen and oxygen atoms in total. The van der Waals surface area contributed by atoms with Crippen LogP contribution in [0.1, 0.15) is 48.2 Å². The number of piperidine rings is 2. The SMILES string of the molecule is Cc1c(CN2CCC[C@]3(CCC(=O)N(Cc4ccncc4)C3)C2)cc(C#N)n1C. The molecule has 2 aromatic rings. The van der Waals surface area contributed by atoms with Crippen molar-refractivity contribution >= 4 is 5.91 Å². The number of carbonyl (C=O) groups is 1. The van der Waals surface area contributed by atoms with Crippen LogP contribution in [-0.2, 0) is 24.9 Å². The number of hydrogen-bond donors (Lipinski definition) is 0. The normalized spacial score (nSPS) is 22.8. The van der Waals surface area contributed by atoms with Gasteiger partial charge in [0, 0.05) is 63.2 Å². The van der Waals surface area contributed by atoms with E-state index in [1.807, 2.05) is 34.7 Å². The van der Waals surface area contributed by atoms with Gasteiger partial charge in [-0.15, -0.1) is 0 Å². The first-order chi connectivity index (χ1) is 14.0. The molecule has 29 heavy (non-hydrogen) atoms. The number of pyridine rings is 1. The van der Waals surface area contributed by atoms with E-state index < -0.39 is 0 Å². The minimum Gasteiger partial charge on any atom is -0.340 e. The fraction of sp³-hybridized carbons (Fsp3) is 0.522. The molecule has 0 bridgehead atoms. The Hall–Kier alpha value is -2.65. The van der Waals surface area contributed by atoms with Crippen LogP contribution in [0.3, 0.4) is 0 Å². The third-order valence-electron chi connectivity index (χ3n) is 6.76. The van der Waals surface area contributed by atoms with Crippen LogP contribution in [0, 0.1) is 23.7 Å². The smallest absolute Gasteiger partial charge is 0.222 e. The Morgan fingerprint density at radius 2 is 2.00 bits per heavy atom. The molecule has 4 heterocycles. The van der Waals surface area contributed by atoms with E-state index in [1.54, 1.807) is 12.4 Å². The van der Waals surface area contributed by atoms with Crippen LogP contribution in [0.15, 0.2) is 30.6 Å². The van der Waals surface area contributed by atoms with E-state index in [2.05, 4.69) is 22.9 Å². The summed E-state index contributed by atoms with van der Waals surface area (Å²) in [4.78, 5) is 21.2. The highest BCUT2D eigenvalue weighted by Crippen LogP contribution is 2.39. The molecule has 0 N–H and O–H groups in total. The lowest BCUT2D eigenvalue weighted by molar-refractivity contribution is -0.140. The summed E-state index contributed by atoms with van der Waals surface area (Å²) in [5.41, 5.74) is 4.44. The van der Waals surface area contributed by atoms with Crippen molar-refractivity contribution < 1.29 is 4.79 Å². The molecule has 0 aliphatic carbocycles. The molecule has 1 amide bonds. The van der Waals surface area contributed by atoms with Gasteiger partial charge in [0.05, 0.1) is 0 Å². The number of nitriles is 1. The Balaban J connectivity index is 1.46. The quantitative estimate of drug-likeness (QED) is 0.804. The summed E-state index contributed by atoms with van der Waals surface area (Å²) >= 11 is 0. The van der Waals surface area contributed by atoms with E-state index >= 15 is 0 Å². The van der Waals surface area contributed by atoms with Gasteiger partial charge in [-0.1, -0.05) is 0 Å². The number of carbonyl (C=O) groups excluding carboxylic acids is 1. The molecule has 2 aliphatic rings. The molecule has 4 rings (SSSR count). The fourth-order valence-corrected chi connectivity index (χ4v) is 5.00. The van der Waals surface area contributed by atoms with Crippen LogP contribution >= 0.6 is 0 Å². The number of likely N-dealkylation sites (tertiary alicyclic amines) is 2. The van der Waals surface area contributed by atoms with Gasteiger partial charge >= 0.3 is 0 Å². The zero-order chi connectivity index (χ0) is 20.4. The van der Waals surface area contributed by atoms with Gasteiger partial charge in [0.2, 0.25) is 5.91 Å². The van der Waals surface area contributed by atoms with E-state index in [0.717, 1.165) is 50.3 Å². The van der Waals surface area contributed by atoms with Crippen molar-refractivity contribution in [3.63, 3.8) is 0 Å². The largest absolute Gasteiger partial charge is 0.340 e. The second kappa shape index (κ2) is 8.00. The Labute approximate surface area is 172 Å². The molecule has 2 aromatic heterocycles. The van der Waals surface area contributed by atoms with E-state index in [4.69, 9.17) is 0 Å². The summed E-state index contributed by atoms with van der Waals surface area (Å²) in [6.07, 6.45) is 7.54. The standard InChI is InChI=1S/C23H29N5O/c1-18-20(12-21(13-24)26(18)2)15-27-11-3-7-23(16-27)8-4-22(29)28(17-23)14-19-5-9-25-10-6-19/h5-6,9-10,12H,3-4,7-8,11,14-17H2,1-2H3/t23-/m0/s1. The maximum absolute atomic E-state index is 12.6. The minimum atomic E-state index is 0.180. The zero-order valence-electron chi connectivity index (χ0n) is 17.4. The highest BCUT2D eigenvalue weighted by Gasteiger charge is 2.41. The molecule has 2 aliphatic heterocycles. The second-order valence-electron chi connectivity index (χ2n) is 8.73. The predicted molar refractivity (Wildman–Crippen MR) is 111 cm³/mol. The van der Waals surface area contributed by atoms with Crippen LogP contribution in [0.4, 0.5) is 0 Å². The number of aromatic nitrogens is 2. The minimum absolute atomic E-state index is 0.180. The van der Waals surface area contributed by atoms with Gasteiger partial charge in [0.25, 0.3) is 0 Å². The zero-order valence-corrected chi connectivity index (χ0v) is 17.4. The van der Waals surface area contributed by atoms with E-state index in [0.29, 0.717) is 13.0 Å². The number of amides is 1. The Morgan fingerprint density at radius 1 is 1.21 bits per heavy atom. The van der Waals surface area contributed by atoms with Crippen molar-refractivity contribution in [3.8, 4) is 6.07 Å². The summed E-state index contributed by atoms with van der Waals surface area (Å²) in [5.74, 6) is 0.266. The molecule has 1 atom stereocenters. The Bertz CT molecular complexity index is 929. The van der Waals surface area contributed by atoms with Crippen molar-refractivity contribution in [1.82, 2.24) is 19.4 Å². The monoisotopic (exact) mass is 391 g/mol. The molecule has 0 radical (unpaired) electrons. The third kappa shape index (κ3) is 4.06. The molecule has 0 aromatic carbocycles. The summed E-state index contributed by atoms with van der Waals surface area (Å²) < 4.78 is 1.98. The summed E-state index contributed by atoms with van der Waals surface area (Å²) in [7, 11) is 1.96. The lowest BCUT2D eigenvalue weighted by Crippen LogP contribution is -2.53. The van der Waals surface area contributed by atoms with E-state index in [-0.39, 0.29) is 11.3 Å². The van der Waals surface area contributed by atoms with Gasteiger partial charge in [-0.3, -0.25) is 14.7 Å². The van der Waals surface area contributed by atoms with Gasteiger partial charge in [0.15, 0.2) is 0 Å². The highest BCUT2D eigenvalue weighted by molar-refractivity contribution is 5.77. The molecular weight excluding hydrogens is 362 g/mol. The number of nitrogens with zero attached hydrogens (tertiary/aromatic N) is 5. The molecule has 0 saturated carbocycles. The molecular formula is C23H29N5O. The van der Waals surface area contributed by atoms with Crippen molar-refractivity contribution in [2.45, 2.75) is 45.7 Å². The maximum Gasteiger partial charge on any atom is 0.222 e. The van der Waals surface area contributed by atoms with E-state index in [1.165, 1.54) is 17.7 Å². The van der Waals surface area contributed by atoms with Crippen LogP contribution < -0.4 is 0 Å². The topological polar surface area (TPSA) is 65.2 Å². The summed E-state index contributed by atoms with van der Waals surface area (Å²) in [6, 6.07) is 8.29. The molecule has 0 unspecified atom stereocenters. The molecule has 152 valence electrons. The molecule has 1 spiro atoms. The van der Waals surface area contributed by atoms with Crippen LogP contribution in [0.2, 0.25) is 0 Å². The van der Waals surface area contributed by atoms with E-state index in [9.17, 15) is 10.1 Å². The van der Waals surface area contributed by atoms with Crippen LogP contribution in [0.5, 0.6) is 0 Å². The molecule has 6 heteroatoms. The number of hydrogen-bond acceptors (Lipinski definition) is 4. The lowest BCUT2D eigenvalue weighted by atomic mass is 9.73. The predicted octanol–water partition coefficient (Wildman–Crippen LogP) is 3.01. The van der Waals surface area contributed by atoms with Crippen LogP contribution in [0.25, 0.3) is 0 Å². The van der Waals surface area contributed by atoms with Crippen molar-refractivity contribution in [1.29, 1.82) is 5.26 Å². The summed E-state index contributed by atoms with van der Waals surface area (Å²) in [5, 5.41) is 9.31. The Kier molecular flexibility index (Phi) is 5.42. The van der Waals surface area contributed by atoms with Gasteiger partial charge in [-0.05, 0) is 62.1 Å². The lowest BCUT2D eigenvalue weighted by Gasteiger charge is -2.48. The first-order valence-corrected chi connectivity index (χ1v) is 10.4. The first-order valence-electron chi connectivity index (χ1n) is 10.4. The van der Waals surface area contributed by atoms with Gasteiger partial charge in [-0.25, -0.2) is 0 Å². The van der Waals surface area contributed by atoms with Crippen molar-refractivity contribution in [3.05, 3.63) is 53.1 Å². The van der Waals surface area contributed by atoms with Gasteiger partial charge in [-0.2, -0.15) is 5.26 Å². The van der Waals surface area contributed by atoms with Gasteiger partial charge < -0.3 is 9.47 Å². The highest BCUT2D eigenvalue weighted by atomic mass is 16.2. The maximum atomic E-state index is 12.6. The van der Waals surface area contributed by atoms with Crippen molar-refractivity contribution in [2.75, 3.05) is 19.6 Å². The van der Waals surface area contributed by atoms with Crippen LogP contribution in [-0.4, -0.2) is 44.9 Å². The average Bonchev–Trinajstić information content (AvgIpc) is 3.00. The fourth-order valence-electron chi connectivity index (χ4n) is 5.00. The first kappa shape index (κ1) is 19.7. The molecule has 2 fully saturated rings.